The molecule has 1 aromatic rings. The number of ether oxygens (including phenoxy) is 1. The predicted molar refractivity (Wildman–Crippen MR) is 188 cm³/mol. The lowest BCUT2D eigenvalue weighted by molar-refractivity contribution is -0.140. The van der Waals surface area contributed by atoms with Crippen molar-refractivity contribution in [3.05, 3.63) is 35.9 Å². The molecule has 5 N–H and O–H groups in total. The Hall–Kier alpha value is -4.31. The van der Waals surface area contributed by atoms with Crippen molar-refractivity contribution in [1.82, 2.24) is 31.5 Å². The van der Waals surface area contributed by atoms with Gasteiger partial charge in [-0.3, -0.25) is 43.3 Å². The molecule has 0 aromatic heterocycles. The Morgan fingerprint density at radius 1 is 0.843 bits per heavy atom. The number of hydrogen-bond acceptors (Lipinski definition) is 10. The smallest absolute Gasteiger partial charge is 0.243 e. The number of likely N-dealkylation sites (tertiary alicyclic amines) is 1. The molecule has 280 valence electrons. The van der Waals surface area contributed by atoms with Crippen molar-refractivity contribution in [2.24, 2.45) is 17.8 Å². The Balaban J connectivity index is 1.34. The molecule has 0 bridgehead atoms. The summed E-state index contributed by atoms with van der Waals surface area (Å²) >= 11 is 1.07. The van der Waals surface area contributed by atoms with E-state index in [9.17, 15) is 38.4 Å². The predicted octanol–water partition coefficient (Wildman–Crippen LogP) is 0.413. The first-order valence-electron chi connectivity index (χ1n) is 17.3. The zero-order chi connectivity index (χ0) is 37.3. The summed E-state index contributed by atoms with van der Waals surface area (Å²) in [5.41, 5.74) is 0.755. The maximum Gasteiger partial charge on any atom is 0.243 e. The van der Waals surface area contributed by atoms with Crippen LogP contribution < -0.4 is 26.6 Å². The van der Waals surface area contributed by atoms with E-state index in [0.717, 1.165) is 30.2 Å². The van der Waals surface area contributed by atoms with Gasteiger partial charge in [-0.2, -0.15) is 0 Å². The molecule has 51 heavy (non-hydrogen) atoms. The second-order valence-corrected chi connectivity index (χ2v) is 13.8. The van der Waals surface area contributed by atoms with Gasteiger partial charge in [-0.1, -0.05) is 62.4 Å². The third-order valence-electron chi connectivity index (χ3n) is 8.63. The number of unbranched alkanes of at least 4 members (excludes halogenated alkanes) is 2. The van der Waals surface area contributed by atoms with E-state index in [1.165, 1.54) is 4.90 Å². The summed E-state index contributed by atoms with van der Waals surface area (Å²) in [6.07, 6.45) is 5.13. The highest BCUT2D eigenvalue weighted by Crippen LogP contribution is 2.36. The molecule has 16 heteroatoms. The number of amides is 7. The average Bonchev–Trinajstić information content (AvgIpc) is 3.91. The zero-order valence-corrected chi connectivity index (χ0v) is 30.3. The van der Waals surface area contributed by atoms with E-state index >= 15 is 0 Å². The first-order chi connectivity index (χ1) is 24.4. The fourth-order valence-electron chi connectivity index (χ4n) is 5.49. The molecule has 1 aliphatic carbocycles. The van der Waals surface area contributed by atoms with Gasteiger partial charge in [0, 0.05) is 31.7 Å². The van der Waals surface area contributed by atoms with E-state index in [1.54, 1.807) is 30.5 Å². The van der Waals surface area contributed by atoms with Gasteiger partial charge in [0.05, 0.1) is 19.6 Å². The van der Waals surface area contributed by atoms with Crippen molar-refractivity contribution in [3.8, 4) is 0 Å². The van der Waals surface area contributed by atoms with Crippen molar-refractivity contribution in [2.45, 2.75) is 77.4 Å². The molecule has 15 nitrogen and oxygen atoms in total. The Morgan fingerprint density at radius 2 is 1.49 bits per heavy atom. The number of nitrogens with one attached hydrogen (secondary N) is 5. The van der Waals surface area contributed by atoms with Gasteiger partial charge in [0.15, 0.2) is 0 Å². The number of carbonyl (C=O) groups is 8. The Labute approximate surface area is 302 Å². The third-order valence-corrected chi connectivity index (χ3v) is 9.27. The Kier molecular flexibility index (Phi) is 17.0. The molecular formula is C35H50N6O9S. The molecule has 1 unspecified atom stereocenters. The van der Waals surface area contributed by atoms with Crippen LogP contribution in [0.2, 0.25) is 0 Å². The normalized spacial score (nSPS) is 16.7. The molecule has 1 saturated carbocycles. The summed E-state index contributed by atoms with van der Waals surface area (Å²) in [6.45, 7) is 2.80. The van der Waals surface area contributed by atoms with E-state index < -0.39 is 42.3 Å². The number of carbonyl (C=O) groups excluding carboxylic acids is 8. The molecule has 1 heterocycles. The van der Waals surface area contributed by atoms with Gasteiger partial charge >= 0.3 is 0 Å². The lowest BCUT2D eigenvalue weighted by atomic mass is 9.94. The topological polar surface area (TPSA) is 209 Å². The SMILES string of the molecule is CSC(=O)[C@@H](OCNC(=O)CNC(=O)[C@H](Cc1ccccc1)NC(=O)CNC(=O)CNC(=O)CCCCCN1C(=O)CC(C(C)C)C1=O)C1CC1. The van der Waals surface area contributed by atoms with Crippen LogP contribution >= 0.6 is 11.8 Å². The number of nitrogens with zero attached hydrogens (tertiary/aromatic N) is 1. The summed E-state index contributed by atoms with van der Waals surface area (Å²) < 4.78 is 5.56. The number of thioether (sulfide) groups is 1. The second-order valence-electron chi connectivity index (χ2n) is 13.0. The molecule has 3 atom stereocenters. The average molecular weight is 731 g/mol. The van der Waals surface area contributed by atoms with E-state index in [0.29, 0.717) is 25.8 Å². The molecule has 1 saturated heterocycles. The van der Waals surface area contributed by atoms with Gasteiger partial charge in [-0.25, -0.2) is 0 Å². The van der Waals surface area contributed by atoms with Gasteiger partial charge in [0.25, 0.3) is 0 Å². The van der Waals surface area contributed by atoms with Gasteiger partial charge in [0.1, 0.15) is 18.9 Å². The summed E-state index contributed by atoms with van der Waals surface area (Å²) in [5.74, 6) is -3.05. The molecule has 1 aliphatic heterocycles. The quantitative estimate of drug-likeness (QED) is 0.0631. The van der Waals surface area contributed by atoms with Crippen LogP contribution in [0, 0.1) is 17.8 Å². The first-order valence-corrected chi connectivity index (χ1v) is 18.6. The summed E-state index contributed by atoms with van der Waals surface area (Å²) in [4.78, 5) is 100. The minimum atomic E-state index is -1.06. The number of benzene rings is 1. The molecule has 7 amide bonds. The van der Waals surface area contributed by atoms with Crippen LogP contribution in [0.3, 0.4) is 0 Å². The van der Waals surface area contributed by atoms with Crippen LogP contribution in [0.5, 0.6) is 0 Å². The van der Waals surface area contributed by atoms with Gasteiger partial charge in [0.2, 0.25) is 46.5 Å². The van der Waals surface area contributed by atoms with Crippen LogP contribution in [0.15, 0.2) is 30.3 Å². The fourth-order valence-corrected chi connectivity index (χ4v) is 5.98. The molecule has 0 radical (unpaired) electrons. The fraction of sp³-hybridized carbons (Fsp3) is 0.600. The maximum atomic E-state index is 13.0. The van der Waals surface area contributed by atoms with Gasteiger partial charge < -0.3 is 31.3 Å². The standard InChI is InChI=1S/C35H50N6O9S/c1-22(2)25-17-31(46)41(34(25)48)15-9-5-8-12-27(42)36-18-28(43)37-20-30(45)40-26(16-23-10-6-4-7-11-23)33(47)38-19-29(44)39-21-50-32(24-13-14-24)35(49)51-3/h4,6-7,10-11,22,24-26,32H,5,8-9,12-21H2,1-3H3,(H,36,42)(H,37,43)(H,38,47)(H,39,44)(H,40,45)/t25?,26-,32-/m0/s1. The minimum Gasteiger partial charge on any atom is -0.349 e. The van der Waals surface area contributed by atoms with Crippen LogP contribution in [-0.4, -0.2) is 103 Å². The highest BCUT2D eigenvalue weighted by Gasteiger charge is 2.39. The van der Waals surface area contributed by atoms with Crippen molar-refractivity contribution >= 4 is 58.2 Å². The number of hydrogen-bond donors (Lipinski definition) is 5. The van der Waals surface area contributed by atoms with E-state index in [1.807, 2.05) is 19.9 Å². The second kappa shape index (κ2) is 21.1. The van der Waals surface area contributed by atoms with Crippen molar-refractivity contribution < 1.29 is 43.1 Å². The largest absolute Gasteiger partial charge is 0.349 e. The highest BCUT2D eigenvalue weighted by molar-refractivity contribution is 8.13. The lowest BCUT2D eigenvalue weighted by Gasteiger charge is -2.19. The van der Waals surface area contributed by atoms with E-state index in [-0.39, 0.29) is 79.7 Å². The Morgan fingerprint density at radius 3 is 2.14 bits per heavy atom. The summed E-state index contributed by atoms with van der Waals surface area (Å²) in [7, 11) is 0. The monoisotopic (exact) mass is 730 g/mol. The number of imide groups is 1. The highest BCUT2D eigenvalue weighted by atomic mass is 32.2. The molecule has 2 fully saturated rings. The first kappa shape index (κ1) is 41.1. The van der Waals surface area contributed by atoms with E-state index in [2.05, 4.69) is 26.6 Å². The van der Waals surface area contributed by atoms with Crippen LogP contribution in [-0.2, 0) is 49.5 Å². The van der Waals surface area contributed by atoms with Crippen molar-refractivity contribution in [3.63, 3.8) is 0 Å². The van der Waals surface area contributed by atoms with Crippen molar-refractivity contribution in [2.75, 3.05) is 39.2 Å². The van der Waals surface area contributed by atoms with Gasteiger partial charge in [-0.15, -0.1) is 0 Å². The van der Waals surface area contributed by atoms with Gasteiger partial charge in [-0.05, 0) is 49.3 Å². The minimum absolute atomic E-state index is 0.100. The molecular weight excluding hydrogens is 680 g/mol. The van der Waals surface area contributed by atoms with Crippen molar-refractivity contribution in [1.29, 1.82) is 0 Å². The number of rotatable bonds is 22. The maximum absolute atomic E-state index is 13.0. The zero-order valence-electron chi connectivity index (χ0n) is 29.5. The molecule has 2 aliphatic rings. The van der Waals surface area contributed by atoms with Crippen LogP contribution in [0.4, 0.5) is 0 Å². The van der Waals surface area contributed by atoms with E-state index in [4.69, 9.17) is 4.74 Å². The summed E-state index contributed by atoms with van der Waals surface area (Å²) in [6, 6.07) is 7.88. The van der Waals surface area contributed by atoms with Crippen LogP contribution in [0.25, 0.3) is 0 Å². The van der Waals surface area contributed by atoms with Crippen LogP contribution in [0.1, 0.15) is 64.4 Å². The molecule has 1 aromatic carbocycles. The lowest BCUT2D eigenvalue weighted by Crippen LogP contribution is -2.52. The molecule has 3 rings (SSSR count). The molecule has 0 spiro atoms. The summed E-state index contributed by atoms with van der Waals surface area (Å²) in [5, 5.41) is 12.4. The Bertz CT molecular complexity index is 1410. The third kappa shape index (κ3) is 14.4.